The molecular weight excluding hydrogens is 212 g/mol. The SMILES string of the molecule is COC(=O)C1C(/C=C\c2ccccc2)C1(C)C. The molecule has 0 heterocycles. The highest BCUT2D eigenvalue weighted by molar-refractivity contribution is 5.78. The van der Waals surface area contributed by atoms with Crippen molar-refractivity contribution in [3.63, 3.8) is 0 Å². The fraction of sp³-hybridized carbons (Fsp3) is 0.400. The van der Waals surface area contributed by atoms with Gasteiger partial charge in [0, 0.05) is 0 Å². The van der Waals surface area contributed by atoms with Crippen molar-refractivity contribution in [1.29, 1.82) is 0 Å². The van der Waals surface area contributed by atoms with Crippen molar-refractivity contribution in [1.82, 2.24) is 0 Å². The average molecular weight is 230 g/mol. The molecule has 0 radical (unpaired) electrons. The highest BCUT2D eigenvalue weighted by Gasteiger charge is 2.61. The maximum Gasteiger partial charge on any atom is 0.309 e. The van der Waals surface area contributed by atoms with E-state index in [2.05, 4.69) is 38.1 Å². The molecule has 2 rings (SSSR count). The number of esters is 1. The zero-order valence-electron chi connectivity index (χ0n) is 10.5. The van der Waals surface area contributed by atoms with Crippen LogP contribution in [-0.4, -0.2) is 13.1 Å². The number of benzene rings is 1. The van der Waals surface area contributed by atoms with E-state index in [-0.39, 0.29) is 23.2 Å². The molecule has 17 heavy (non-hydrogen) atoms. The van der Waals surface area contributed by atoms with Gasteiger partial charge in [0.25, 0.3) is 0 Å². The number of ether oxygens (including phenoxy) is 1. The summed E-state index contributed by atoms with van der Waals surface area (Å²) in [5, 5.41) is 0. The quantitative estimate of drug-likeness (QED) is 0.746. The van der Waals surface area contributed by atoms with Gasteiger partial charge in [0.2, 0.25) is 0 Å². The largest absolute Gasteiger partial charge is 0.469 e. The Kier molecular flexibility index (Phi) is 3.05. The van der Waals surface area contributed by atoms with E-state index in [0.29, 0.717) is 0 Å². The Hall–Kier alpha value is -1.57. The van der Waals surface area contributed by atoms with E-state index in [1.165, 1.54) is 12.7 Å². The van der Waals surface area contributed by atoms with Gasteiger partial charge in [0.15, 0.2) is 0 Å². The maximum atomic E-state index is 11.6. The van der Waals surface area contributed by atoms with Gasteiger partial charge in [-0.15, -0.1) is 0 Å². The topological polar surface area (TPSA) is 26.3 Å². The Morgan fingerprint density at radius 2 is 1.94 bits per heavy atom. The molecule has 2 nitrogen and oxygen atoms in total. The minimum Gasteiger partial charge on any atom is -0.469 e. The monoisotopic (exact) mass is 230 g/mol. The smallest absolute Gasteiger partial charge is 0.309 e. The van der Waals surface area contributed by atoms with Crippen molar-refractivity contribution in [2.45, 2.75) is 13.8 Å². The molecule has 1 aromatic carbocycles. The van der Waals surface area contributed by atoms with Gasteiger partial charge < -0.3 is 4.74 Å². The van der Waals surface area contributed by atoms with Crippen LogP contribution in [0.5, 0.6) is 0 Å². The van der Waals surface area contributed by atoms with Crippen LogP contribution in [0.3, 0.4) is 0 Å². The van der Waals surface area contributed by atoms with Gasteiger partial charge >= 0.3 is 5.97 Å². The second-order valence-electron chi connectivity index (χ2n) is 5.12. The summed E-state index contributed by atoms with van der Waals surface area (Å²) in [5.41, 5.74) is 1.19. The van der Waals surface area contributed by atoms with Crippen LogP contribution in [0.2, 0.25) is 0 Å². The predicted octanol–water partition coefficient (Wildman–Crippen LogP) is 3.15. The lowest BCUT2D eigenvalue weighted by Crippen LogP contribution is -2.07. The number of carbonyl (C=O) groups excluding carboxylic acids is 1. The molecular formula is C15H18O2. The van der Waals surface area contributed by atoms with Gasteiger partial charge in [-0.25, -0.2) is 0 Å². The van der Waals surface area contributed by atoms with Crippen LogP contribution in [0.15, 0.2) is 36.4 Å². The molecule has 0 saturated heterocycles. The molecule has 0 N–H and O–H groups in total. The molecule has 1 aliphatic carbocycles. The van der Waals surface area contributed by atoms with Gasteiger partial charge in [-0.2, -0.15) is 0 Å². The van der Waals surface area contributed by atoms with Crippen molar-refractivity contribution in [2.75, 3.05) is 7.11 Å². The molecule has 0 aliphatic heterocycles. The van der Waals surface area contributed by atoms with Crippen LogP contribution in [0, 0.1) is 17.3 Å². The van der Waals surface area contributed by atoms with E-state index in [0.717, 1.165) is 0 Å². The third-order valence-corrected chi connectivity index (χ3v) is 3.66. The summed E-state index contributed by atoms with van der Waals surface area (Å²) in [5.74, 6) is 0.195. The third kappa shape index (κ3) is 2.26. The first-order chi connectivity index (χ1) is 8.07. The van der Waals surface area contributed by atoms with Crippen LogP contribution in [-0.2, 0) is 9.53 Å². The summed E-state index contributed by atoms with van der Waals surface area (Å²) >= 11 is 0. The summed E-state index contributed by atoms with van der Waals surface area (Å²) in [6.45, 7) is 4.21. The van der Waals surface area contributed by atoms with Crippen LogP contribution in [0.25, 0.3) is 6.08 Å². The fourth-order valence-electron chi connectivity index (χ4n) is 2.39. The first-order valence-electron chi connectivity index (χ1n) is 5.88. The predicted molar refractivity (Wildman–Crippen MR) is 68.3 cm³/mol. The van der Waals surface area contributed by atoms with Gasteiger partial charge in [0.05, 0.1) is 13.0 Å². The Morgan fingerprint density at radius 3 is 2.53 bits per heavy atom. The molecule has 90 valence electrons. The third-order valence-electron chi connectivity index (χ3n) is 3.66. The Bertz CT molecular complexity index is 431. The van der Waals surface area contributed by atoms with Gasteiger partial charge in [0.1, 0.15) is 0 Å². The molecule has 2 unspecified atom stereocenters. The van der Waals surface area contributed by atoms with Crippen LogP contribution < -0.4 is 0 Å². The second kappa shape index (κ2) is 4.36. The molecule has 0 aromatic heterocycles. The highest BCUT2D eigenvalue weighted by atomic mass is 16.5. The molecule has 1 saturated carbocycles. The Morgan fingerprint density at radius 1 is 1.29 bits per heavy atom. The molecule has 2 heteroatoms. The molecule has 1 aromatic rings. The highest BCUT2D eigenvalue weighted by Crippen LogP contribution is 2.59. The standard InChI is InChI=1S/C15H18O2/c1-15(2)12(13(15)14(16)17-3)10-9-11-7-5-4-6-8-11/h4-10,12-13H,1-3H3/b10-9-. The fourth-order valence-corrected chi connectivity index (χ4v) is 2.39. The number of allylic oxidation sites excluding steroid dienone is 1. The zero-order chi connectivity index (χ0) is 12.5. The van der Waals surface area contributed by atoms with Crippen molar-refractivity contribution in [3.05, 3.63) is 42.0 Å². The van der Waals surface area contributed by atoms with Crippen molar-refractivity contribution in [2.24, 2.45) is 17.3 Å². The molecule has 2 atom stereocenters. The van der Waals surface area contributed by atoms with Crippen molar-refractivity contribution < 1.29 is 9.53 Å². The molecule has 0 spiro atoms. The molecule has 1 fully saturated rings. The van der Waals surface area contributed by atoms with E-state index in [1.807, 2.05) is 18.2 Å². The van der Waals surface area contributed by atoms with E-state index < -0.39 is 0 Å². The summed E-state index contributed by atoms with van der Waals surface area (Å²) in [7, 11) is 1.45. The summed E-state index contributed by atoms with van der Waals surface area (Å²) < 4.78 is 4.82. The van der Waals surface area contributed by atoms with Crippen molar-refractivity contribution in [3.8, 4) is 0 Å². The van der Waals surface area contributed by atoms with Gasteiger partial charge in [-0.1, -0.05) is 56.3 Å². The Balaban J connectivity index is 2.06. The normalized spacial score (nSPS) is 25.8. The van der Waals surface area contributed by atoms with E-state index >= 15 is 0 Å². The minimum absolute atomic E-state index is 0.00691. The van der Waals surface area contributed by atoms with Crippen LogP contribution in [0.1, 0.15) is 19.4 Å². The first kappa shape index (κ1) is 11.9. The van der Waals surface area contributed by atoms with Crippen molar-refractivity contribution >= 4 is 12.0 Å². The van der Waals surface area contributed by atoms with Gasteiger partial charge in [-0.05, 0) is 16.9 Å². The maximum absolute atomic E-state index is 11.6. The number of hydrogen-bond donors (Lipinski definition) is 0. The lowest BCUT2D eigenvalue weighted by atomic mass is 10.1. The van der Waals surface area contributed by atoms with E-state index in [9.17, 15) is 4.79 Å². The van der Waals surface area contributed by atoms with Gasteiger partial charge in [-0.3, -0.25) is 4.79 Å². The summed E-state index contributed by atoms with van der Waals surface area (Å²) in [6, 6.07) is 10.1. The first-order valence-corrected chi connectivity index (χ1v) is 5.88. The lowest BCUT2D eigenvalue weighted by molar-refractivity contribution is -0.143. The van der Waals surface area contributed by atoms with E-state index in [1.54, 1.807) is 0 Å². The average Bonchev–Trinajstić information content (AvgIpc) is 2.89. The van der Waals surface area contributed by atoms with Crippen LogP contribution in [0.4, 0.5) is 0 Å². The number of carbonyl (C=O) groups is 1. The lowest BCUT2D eigenvalue weighted by Gasteiger charge is -1.99. The summed E-state index contributed by atoms with van der Waals surface area (Å²) in [6.07, 6.45) is 4.20. The number of rotatable bonds is 3. The number of hydrogen-bond acceptors (Lipinski definition) is 2. The minimum atomic E-state index is -0.0993. The zero-order valence-corrected chi connectivity index (χ0v) is 10.5. The second-order valence-corrected chi connectivity index (χ2v) is 5.12. The molecule has 1 aliphatic rings. The summed E-state index contributed by atoms with van der Waals surface area (Å²) in [4.78, 5) is 11.6. The Labute approximate surface area is 102 Å². The molecule has 0 amide bonds. The molecule has 0 bridgehead atoms. The number of methoxy groups -OCH3 is 1. The van der Waals surface area contributed by atoms with Crippen LogP contribution >= 0.6 is 0 Å². The van der Waals surface area contributed by atoms with E-state index in [4.69, 9.17) is 4.74 Å².